The van der Waals surface area contributed by atoms with Crippen LogP contribution in [-0.2, 0) is 9.53 Å². The summed E-state index contributed by atoms with van der Waals surface area (Å²) in [7, 11) is 3.22. The Balaban J connectivity index is 1.86. The molecule has 28 heavy (non-hydrogen) atoms. The molecule has 2 unspecified atom stereocenters. The first-order chi connectivity index (χ1) is 13.7. The van der Waals surface area contributed by atoms with Crippen LogP contribution in [0.4, 0.5) is 0 Å². The second-order valence-corrected chi connectivity index (χ2v) is 6.81. The third-order valence-electron chi connectivity index (χ3n) is 5.11. The van der Waals surface area contributed by atoms with Gasteiger partial charge in [0.25, 0.3) is 5.91 Å². The molecule has 6 heteroatoms. The molecule has 148 valence electrons. The van der Waals surface area contributed by atoms with Crippen LogP contribution >= 0.6 is 0 Å². The van der Waals surface area contributed by atoms with Crippen molar-refractivity contribution >= 4 is 11.8 Å². The Morgan fingerprint density at radius 1 is 1.04 bits per heavy atom. The van der Waals surface area contributed by atoms with Crippen LogP contribution in [0.15, 0.2) is 54.6 Å². The lowest BCUT2D eigenvalue weighted by atomic mass is 9.87. The number of nitrogens with one attached hydrogen (secondary N) is 1. The van der Waals surface area contributed by atoms with Gasteiger partial charge in [-0.2, -0.15) is 0 Å². The lowest BCUT2D eigenvalue weighted by molar-refractivity contribution is -0.125. The van der Waals surface area contributed by atoms with Gasteiger partial charge in [0, 0.05) is 38.2 Å². The quantitative estimate of drug-likeness (QED) is 0.747. The number of para-hydroxylation sites is 1. The average molecular weight is 382 g/mol. The van der Waals surface area contributed by atoms with Crippen LogP contribution < -0.4 is 10.1 Å². The fraction of sp³-hybridized carbons (Fsp3) is 0.364. The summed E-state index contributed by atoms with van der Waals surface area (Å²) in [4.78, 5) is 27.6. The zero-order chi connectivity index (χ0) is 19.9. The highest BCUT2D eigenvalue weighted by molar-refractivity contribution is 5.95. The van der Waals surface area contributed by atoms with E-state index in [9.17, 15) is 9.59 Å². The van der Waals surface area contributed by atoms with Crippen molar-refractivity contribution in [3.63, 3.8) is 0 Å². The number of carbonyl (C=O) groups excluding carboxylic acids is 2. The summed E-state index contributed by atoms with van der Waals surface area (Å²) in [5.41, 5.74) is 1.57. The molecule has 3 rings (SSSR count). The molecule has 1 aliphatic heterocycles. The Hall–Kier alpha value is -2.86. The van der Waals surface area contributed by atoms with Crippen molar-refractivity contribution in [3.8, 4) is 5.75 Å². The Labute approximate surface area is 165 Å². The Morgan fingerprint density at radius 2 is 1.75 bits per heavy atom. The number of rotatable bonds is 7. The number of ether oxygens (including phenoxy) is 2. The summed E-state index contributed by atoms with van der Waals surface area (Å²) in [5.74, 6) is 0.118. The van der Waals surface area contributed by atoms with Crippen molar-refractivity contribution in [1.29, 1.82) is 0 Å². The number of methoxy groups -OCH3 is 2. The van der Waals surface area contributed by atoms with Crippen LogP contribution in [0.1, 0.15) is 21.8 Å². The van der Waals surface area contributed by atoms with Crippen molar-refractivity contribution in [2.75, 3.05) is 40.5 Å². The lowest BCUT2D eigenvalue weighted by Crippen LogP contribution is -2.37. The summed E-state index contributed by atoms with van der Waals surface area (Å²) in [6.07, 6.45) is 0. The number of hydrogen-bond donors (Lipinski definition) is 1. The maximum absolute atomic E-state index is 12.9. The van der Waals surface area contributed by atoms with Gasteiger partial charge in [0.1, 0.15) is 5.75 Å². The number of benzene rings is 2. The topological polar surface area (TPSA) is 67.9 Å². The third-order valence-corrected chi connectivity index (χ3v) is 5.11. The smallest absolute Gasteiger partial charge is 0.253 e. The minimum Gasteiger partial charge on any atom is -0.496 e. The molecule has 2 amide bonds. The van der Waals surface area contributed by atoms with E-state index < -0.39 is 0 Å². The zero-order valence-corrected chi connectivity index (χ0v) is 16.3. The monoisotopic (exact) mass is 382 g/mol. The van der Waals surface area contributed by atoms with Crippen molar-refractivity contribution < 1.29 is 19.1 Å². The minimum absolute atomic E-state index is 0.0623. The van der Waals surface area contributed by atoms with Crippen LogP contribution in [0.5, 0.6) is 5.75 Å². The van der Waals surface area contributed by atoms with E-state index in [1.54, 1.807) is 31.3 Å². The van der Waals surface area contributed by atoms with Gasteiger partial charge in [-0.25, -0.2) is 0 Å². The first-order valence-electron chi connectivity index (χ1n) is 9.39. The number of nitrogens with zero attached hydrogens (tertiary/aromatic N) is 1. The van der Waals surface area contributed by atoms with E-state index in [2.05, 4.69) is 5.32 Å². The van der Waals surface area contributed by atoms with Gasteiger partial charge in [0.2, 0.25) is 5.91 Å². The molecule has 2 aromatic rings. The standard InChI is InChI=1S/C22H26N2O4/c1-27-13-12-23-21(25)19-15-24(22(26)16-8-4-3-5-9-16)14-18(19)17-10-6-7-11-20(17)28-2/h3-11,18-19H,12-15H2,1-2H3,(H,23,25). The normalized spacial score (nSPS) is 18.7. The van der Waals surface area contributed by atoms with Gasteiger partial charge in [-0.15, -0.1) is 0 Å². The first-order valence-corrected chi connectivity index (χ1v) is 9.39. The zero-order valence-electron chi connectivity index (χ0n) is 16.3. The summed E-state index contributed by atoms with van der Waals surface area (Å²) in [6.45, 7) is 1.73. The van der Waals surface area contributed by atoms with Crippen molar-refractivity contribution in [3.05, 3.63) is 65.7 Å². The van der Waals surface area contributed by atoms with Crippen LogP contribution in [0.2, 0.25) is 0 Å². The molecule has 0 aromatic heterocycles. The average Bonchev–Trinajstić information content (AvgIpc) is 3.19. The molecule has 0 radical (unpaired) electrons. The predicted molar refractivity (Wildman–Crippen MR) is 106 cm³/mol. The number of amides is 2. The molecule has 0 bridgehead atoms. The summed E-state index contributed by atoms with van der Waals surface area (Å²) in [5, 5.41) is 2.92. The van der Waals surface area contributed by atoms with E-state index in [0.717, 1.165) is 11.3 Å². The van der Waals surface area contributed by atoms with E-state index in [-0.39, 0.29) is 23.7 Å². The van der Waals surface area contributed by atoms with Gasteiger partial charge < -0.3 is 19.7 Å². The Kier molecular flexibility index (Phi) is 6.66. The predicted octanol–water partition coefficient (Wildman–Crippen LogP) is 2.31. The molecule has 1 fully saturated rings. The van der Waals surface area contributed by atoms with E-state index in [0.29, 0.717) is 31.8 Å². The van der Waals surface area contributed by atoms with Crippen LogP contribution in [-0.4, -0.2) is 57.2 Å². The molecule has 1 heterocycles. The molecule has 2 atom stereocenters. The Morgan fingerprint density at radius 3 is 2.46 bits per heavy atom. The maximum Gasteiger partial charge on any atom is 0.253 e. The third kappa shape index (κ3) is 4.34. The highest BCUT2D eigenvalue weighted by atomic mass is 16.5. The second kappa shape index (κ2) is 9.37. The van der Waals surface area contributed by atoms with Gasteiger partial charge >= 0.3 is 0 Å². The maximum atomic E-state index is 12.9. The van der Waals surface area contributed by atoms with Crippen molar-refractivity contribution in [2.24, 2.45) is 5.92 Å². The van der Waals surface area contributed by atoms with E-state index in [1.807, 2.05) is 42.5 Å². The lowest BCUT2D eigenvalue weighted by Gasteiger charge is -2.20. The summed E-state index contributed by atoms with van der Waals surface area (Å²) < 4.78 is 10.5. The fourth-order valence-corrected chi connectivity index (χ4v) is 3.69. The van der Waals surface area contributed by atoms with Crippen LogP contribution in [0.3, 0.4) is 0 Å². The summed E-state index contributed by atoms with van der Waals surface area (Å²) >= 11 is 0. The molecular weight excluding hydrogens is 356 g/mol. The highest BCUT2D eigenvalue weighted by Crippen LogP contribution is 2.38. The largest absolute Gasteiger partial charge is 0.496 e. The number of carbonyl (C=O) groups is 2. The molecule has 0 aliphatic carbocycles. The second-order valence-electron chi connectivity index (χ2n) is 6.81. The van der Waals surface area contributed by atoms with Gasteiger partial charge in [-0.05, 0) is 23.8 Å². The fourth-order valence-electron chi connectivity index (χ4n) is 3.69. The number of hydrogen-bond acceptors (Lipinski definition) is 4. The molecule has 1 aliphatic rings. The molecule has 1 saturated heterocycles. The van der Waals surface area contributed by atoms with Crippen molar-refractivity contribution in [2.45, 2.75) is 5.92 Å². The molecular formula is C22H26N2O4. The van der Waals surface area contributed by atoms with Gasteiger partial charge in [-0.1, -0.05) is 36.4 Å². The highest BCUT2D eigenvalue weighted by Gasteiger charge is 2.41. The van der Waals surface area contributed by atoms with Crippen LogP contribution in [0.25, 0.3) is 0 Å². The van der Waals surface area contributed by atoms with E-state index >= 15 is 0 Å². The summed E-state index contributed by atoms with van der Waals surface area (Å²) in [6, 6.07) is 16.8. The van der Waals surface area contributed by atoms with Gasteiger partial charge in [0.15, 0.2) is 0 Å². The first kappa shape index (κ1) is 19.9. The van der Waals surface area contributed by atoms with Crippen LogP contribution in [0, 0.1) is 5.92 Å². The number of likely N-dealkylation sites (tertiary alicyclic amines) is 1. The Bertz CT molecular complexity index is 809. The molecule has 6 nitrogen and oxygen atoms in total. The van der Waals surface area contributed by atoms with Crippen molar-refractivity contribution in [1.82, 2.24) is 10.2 Å². The minimum atomic E-state index is -0.346. The van der Waals surface area contributed by atoms with E-state index in [1.165, 1.54) is 0 Å². The molecule has 2 aromatic carbocycles. The molecule has 0 saturated carbocycles. The van der Waals surface area contributed by atoms with Gasteiger partial charge in [-0.3, -0.25) is 9.59 Å². The molecule has 1 N–H and O–H groups in total. The molecule has 0 spiro atoms. The van der Waals surface area contributed by atoms with E-state index in [4.69, 9.17) is 9.47 Å². The van der Waals surface area contributed by atoms with Gasteiger partial charge in [0.05, 0.1) is 19.6 Å². The SMILES string of the molecule is COCCNC(=O)C1CN(C(=O)c2ccccc2)CC1c1ccccc1OC.